The summed E-state index contributed by atoms with van der Waals surface area (Å²) in [7, 11) is 0. The molecule has 0 radical (unpaired) electrons. The Kier molecular flexibility index (Phi) is 3.77. The maximum Gasteiger partial charge on any atom is 0.238 e. The summed E-state index contributed by atoms with van der Waals surface area (Å²) in [4.78, 5) is 20.5. The summed E-state index contributed by atoms with van der Waals surface area (Å²) >= 11 is 0. The number of aryl methyl sites for hydroxylation is 2. The molecular weight excluding hydrogens is 324 g/mol. The Bertz CT molecular complexity index is 1020. The Morgan fingerprint density at radius 1 is 1.24 bits per heavy atom. The third-order valence-electron chi connectivity index (χ3n) is 3.55. The van der Waals surface area contributed by atoms with Gasteiger partial charge < -0.3 is 18.7 Å². The van der Waals surface area contributed by atoms with Crippen LogP contribution in [0.25, 0.3) is 22.7 Å². The number of amides is 1. The van der Waals surface area contributed by atoms with Gasteiger partial charge in [-0.05, 0) is 24.3 Å². The molecule has 8 heteroatoms. The maximum absolute atomic E-state index is 12.1. The van der Waals surface area contributed by atoms with E-state index in [1.807, 2.05) is 0 Å². The zero-order valence-corrected chi connectivity index (χ0v) is 13.4. The number of carbonyl (C=O) groups excluding carboxylic acids is 1. The molecule has 1 aromatic carbocycles. The molecule has 3 heterocycles. The lowest BCUT2D eigenvalue weighted by Gasteiger charge is -2.03. The van der Waals surface area contributed by atoms with Crippen molar-refractivity contribution in [2.24, 2.45) is 0 Å². The first kappa shape index (κ1) is 15.1. The molecule has 3 aromatic heterocycles. The number of hydrogen-bond donors (Lipinski definition) is 1. The van der Waals surface area contributed by atoms with Gasteiger partial charge in [0.15, 0.2) is 17.2 Å². The lowest BCUT2D eigenvalue weighted by molar-refractivity contribution is -0.116. The summed E-state index contributed by atoms with van der Waals surface area (Å²) in [6.45, 7) is 1.78. The van der Waals surface area contributed by atoms with Crippen molar-refractivity contribution in [3.05, 3.63) is 48.4 Å². The maximum atomic E-state index is 12.1. The Balaban J connectivity index is 1.37. The van der Waals surface area contributed by atoms with Crippen molar-refractivity contribution >= 4 is 22.7 Å². The average molecular weight is 338 g/mol. The number of carbonyl (C=O) groups is 1. The van der Waals surface area contributed by atoms with Gasteiger partial charge in [0.25, 0.3) is 0 Å². The van der Waals surface area contributed by atoms with E-state index in [1.165, 1.54) is 6.26 Å². The van der Waals surface area contributed by atoms with Gasteiger partial charge in [0.1, 0.15) is 5.52 Å². The Morgan fingerprint density at radius 2 is 2.16 bits per heavy atom. The molecule has 0 fully saturated rings. The summed E-state index contributed by atoms with van der Waals surface area (Å²) in [6, 6.07) is 8.81. The first-order valence-corrected chi connectivity index (χ1v) is 7.71. The third-order valence-corrected chi connectivity index (χ3v) is 3.55. The van der Waals surface area contributed by atoms with Crippen LogP contribution < -0.4 is 5.32 Å². The second-order valence-corrected chi connectivity index (χ2v) is 5.45. The molecule has 0 unspecified atom stereocenters. The van der Waals surface area contributed by atoms with E-state index in [0.29, 0.717) is 41.1 Å². The van der Waals surface area contributed by atoms with Crippen molar-refractivity contribution in [3.8, 4) is 11.6 Å². The van der Waals surface area contributed by atoms with Crippen LogP contribution in [0.4, 0.5) is 5.69 Å². The van der Waals surface area contributed by atoms with Crippen LogP contribution in [-0.4, -0.2) is 21.0 Å². The average Bonchev–Trinajstić information content (AvgIpc) is 3.32. The van der Waals surface area contributed by atoms with E-state index in [9.17, 15) is 4.79 Å². The predicted molar refractivity (Wildman–Crippen MR) is 87.7 cm³/mol. The Morgan fingerprint density at radius 3 is 3.00 bits per heavy atom. The molecule has 4 aromatic rings. The summed E-state index contributed by atoms with van der Waals surface area (Å²) in [6.07, 6.45) is 2.09. The van der Waals surface area contributed by atoms with Crippen LogP contribution in [0.3, 0.4) is 0 Å². The summed E-state index contributed by atoms with van der Waals surface area (Å²) < 4.78 is 15.8. The van der Waals surface area contributed by atoms with Gasteiger partial charge in [-0.2, -0.15) is 4.98 Å². The second-order valence-electron chi connectivity index (χ2n) is 5.45. The number of nitrogens with one attached hydrogen (secondary N) is 1. The summed E-state index contributed by atoms with van der Waals surface area (Å²) in [5.41, 5.74) is 2.04. The molecule has 0 saturated carbocycles. The first-order chi connectivity index (χ1) is 12.2. The standard InChI is InChI=1S/C17H14N4O4/c1-10-18-12-5-4-11(9-14(12)24-10)19-15(22)6-7-16-20-17(21-25-16)13-3-2-8-23-13/h2-5,8-9H,6-7H2,1H3,(H,19,22). The summed E-state index contributed by atoms with van der Waals surface area (Å²) in [5, 5.41) is 6.64. The molecule has 0 aliphatic heterocycles. The van der Waals surface area contributed by atoms with Gasteiger partial charge in [-0.25, -0.2) is 4.98 Å². The van der Waals surface area contributed by atoms with Crippen LogP contribution in [0.15, 0.2) is 50.0 Å². The number of rotatable bonds is 5. The number of anilines is 1. The van der Waals surface area contributed by atoms with Crippen LogP contribution >= 0.6 is 0 Å². The Labute approximate surface area is 141 Å². The van der Waals surface area contributed by atoms with Crippen LogP contribution in [0, 0.1) is 6.92 Å². The van der Waals surface area contributed by atoms with E-state index >= 15 is 0 Å². The highest BCUT2D eigenvalue weighted by molar-refractivity contribution is 5.92. The van der Waals surface area contributed by atoms with Crippen molar-refractivity contribution in [3.63, 3.8) is 0 Å². The minimum Gasteiger partial charge on any atom is -0.461 e. The third kappa shape index (κ3) is 3.27. The smallest absolute Gasteiger partial charge is 0.238 e. The topological polar surface area (TPSA) is 107 Å². The lowest BCUT2D eigenvalue weighted by Crippen LogP contribution is -2.12. The van der Waals surface area contributed by atoms with Crippen molar-refractivity contribution in [2.45, 2.75) is 19.8 Å². The largest absolute Gasteiger partial charge is 0.461 e. The minimum absolute atomic E-state index is 0.159. The van der Waals surface area contributed by atoms with Crippen molar-refractivity contribution in [1.29, 1.82) is 0 Å². The van der Waals surface area contributed by atoms with E-state index in [1.54, 1.807) is 37.3 Å². The fourth-order valence-electron chi connectivity index (χ4n) is 2.42. The number of aromatic nitrogens is 3. The Hall–Kier alpha value is -3.42. The highest BCUT2D eigenvalue weighted by atomic mass is 16.5. The molecule has 0 saturated heterocycles. The number of hydrogen-bond acceptors (Lipinski definition) is 7. The molecule has 1 amide bonds. The van der Waals surface area contributed by atoms with E-state index in [4.69, 9.17) is 13.4 Å². The molecule has 0 bridgehead atoms. The van der Waals surface area contributed by atoms with Crippen LogP contribution in [0.2, 0.25) is 0 Å². The van der Waals surface area contributed by atoms with Gasteiger partial charge in [-0.15, -0.1) is 0 Å². The van der Waals surface area contributed by atoms with E-state index in [2.05, 4.69) is 20.4 Å². The van der Waals surface area contributed by atoms with E-state index in [-0.39, 0.29) is 12.3 Å². The zero-order valence-electron chi connectivity index (χ0n) is 13.4. The molecule has 0 aliphatic carbocycles. The molecule has 0 spiro atoms. The number of oxazole rings is 1. The van der Waals surface area contributed by atoms with E-state index in [0.717, 1.165) is 5.52 Å². The van der Waals surface area contributed by atoms with Gasteiger partial charge in [0.05, 0.1) is 6.26 Å². The number of furan rings is 1. The number of nitrogens with zero attached hydrogens (tertiary/aromatic N) is 3. The molecule has 4 rings (SSSR count). The fourth-order valence-corrected chi connectivity index (χ4v) is 2.42. The van der Waals surface area contributed by atoms with Crippen LogP contribution in [-0.2, 0) is 11.2 Å². The van der Waals surface area contributed by atoms with Gasteiger partial charge in [-0.1, -0.05) is 5.16 Å². The fraction of sp³-hybridized carbons (Fsp3) is 0.176. The molecular formula is C17H14N4O4. The van der Waals surface area contributed by atoms with Gasteiger partial charge in [0.2, 0.25) is 17.6 Å². The quantitative estimate of drug-likeness (QED) is 0.594. The van der Waals surface area contributed by atoms with Crippen molar-refractivity contribution < 1.29 is 18.2 Å². The van der Waals surface area contributed by atoms with Crippen molar-refractivity contribution in [2.75, 3.05) is 5.32 Å². The van der Waals surface area contributed by atoms with Gasteiger partial charge >= 0.3 is 0 Å². The lowest BCUT2D eigenvalue weighted by atomic mass is 10.2. The first-order valence-electron chi connectivity index (χ1n) is 7.71. The predicted octanol–water partition coefficient (Wildman–Crippen LogP) is 3.35. The van der Waals surface area contributed by atoms with Crippen LogP contribution in [0.1, 0.15) is 18.2 Å². The molecule has 25 heavy (non-hydrogen) atoms. The SMILES string of the molecule is Cc1nc2ccc(NC(=O)CCc3nc(-c4ccco4)no3)cc2o1. The van der Waals surface area contributed by atoms with Gasteiger partial charge in [-0.3, -0.25) is 4.79 Å². The normalized spacial score (nSPS) is 11.1. The van der Waals surface area contributed by atoms with E-state index < -0.39 is 0 Å². The highest BCUT2D eigenvalue weighted by Gasteiger charge is 2.13. The second kappa shape index (κ2) is 6.23. The molecule has 8 nitrogen and oxygen atoms in total. The summed E-state index contributed by atoms with van der Waals surface area (Å²) in [5.74, 6) is 1.69. The number of benzene rings is 1. The van der Waals surface area contributed by atoms with Crippen LogP contribution in [0.5, 0.6) is 0 Å². The van der Waals surface area contributed by atoms with Gasteiger partial charge in [0, 0.05) is 31.5 Å². The zero-order chi connectivity index (χ0) is 17.2. The van der Waals surface area contributed by atoms with Crippen molar-refractivity contribution in [1.82, 2.24) is 15.1 Å². The molecule has 126 valence electrons. The highest BCUT2D eigenvalue weighted by Crippen LogP contribution is 2.20. The monoisotopic (exact) mass is 338 g/mol. The molecule has 0 atom stereocenters. The number of fused-ring (bicyclic) bond motifs is 1. The molecule has 1 N–H and O–H groups in total. The minimum atomic E-state index is -0.159. The molecule has 0 aliphatic rings.